The summed E-state index contributed by atoms with van der Waals surface area (Å²) in [6.07, 6.45) is 0.356. The molecule has 0 unspecified atom stereocenters. The van der Waals surface area contributed by atoms with Crippen LogP contribution in [-0.4, -0.2) is 105 Å². The number of para-hydroxylation sites is 1. The molecule has 4 heterocycles. The summed E-state index contributed by atoms with van der Waals surface area (Å²) in [5, 5.41) is 27.2. The molecule has 11 nitrogen and oxygen atoms in total. The van der Waals surface area contributed by atoms with Crippen LogP contribution in [0, 0.1) is 11.7 Å². The zero-order valence-corrected chi connectivity index (χ0v) is 28.8. The van der Waals surface area contributed by atoms with E-state index in [-0.39, 0.29) is 44.9 Å². The van der Waals surface area contributed by atoms with Crippen molar-refractivity contribution in [3.63, 3.8) is 0 Å². The Bertz CT molecular complexity index is 1830. The summed E-state index contributed by atoms with van der Waals surface area (Å²) >= 11 is 0. The standard InChI is InChI=1S/C38H42F4N6O5/c39-28-7-9-29(10-8-28)47-13-11-26(20-47)19-46-14-15-48(32(22-46)37(52)44-24-38(40,41)42)21-30(49)17-27(16-25-4-3-12-43-18-25)36(51)45-35-31-5-1-2-6-34(31)53-23-33(35)50/h1-13,18,20,27,30,32-33,35,49-50H,14-17,19,21-24H2,(H,44,52)(H,45,51)/t27-,30+,32+,33-,35+/m1/s1. The molecule has 0 bridgehead atoms. The van der Waals surface area contributed by atoms with E-state index in [1.165, 1.54) is 12.1 Å². The highest BCUT2D eigenvalue weighted by Crippen LogP contribution is 2.32. The average Bonchev–Trinajstić information content (AvgIpc) is 3.61. The predicted molar refractivity (Wildman–Crippen MR) is 186 cm³/mol. The van der Waals surface area contributed by atoms with Crippen molar-refractivity contribution in [1.82, 2.24) is 30.0 Å². The van der Waals surface area contributed by atoms with Crippen LogP contribution in [0.2, 0.25) is 0 Å². The summed E-state index contributed by atoms with van der Waals surface area (Å²) in [5.41, 5.74) is 3.01. The van der Waals surface area contributed by atoms with Crippen LogP contribution in [0.25, 0.3) is 5.69 Å². The van der Waals surface area contributed by atoms with Crippen LogP contribution >= 0.6 is 0 Å². The molecule has 4 N–H and O–H groups in total. The lowest BCUT2D eigenvalue weighted by Crippen LogP contribution is -2.60. The van der Waals surface area contributed by atoms with Gasteiger partial charge in [-0.05, 0) is 66.4 Å². The number of ether oxygens (including phenoxy) is 1. The first-order chi connectivity index (χ1) is 25.4. The highest BCUT2D eigenvalue weighted by atomic mass is 19.4. The minimum Gasteiger partial charge on any atom is -0.490 e. The van der Waals surface area contributed by atoms with Crippen molar-refractivity contribution in [3.05, 3.63) is 114 Å². The van der Waals surface area contributed by atoms with Crippen molar-refractivity contribution in [2.24, 2.45) is 5.92 Å². The first kappa shape index (κ1) is 37.9. The Labute approximate surface area is 304 Å². The second kappa shape index (κ2) is 16.9. The number of nitrogens with one attached hydrogen (secondary N) is 2. The van der Waals surface area contributed by atoms with Gasteiger partial charge in [0.1, 0.15) is 36.9 Å². The zero-order valence-electron chi connectivity index (χ0n) is 28.8. The molecule has 2 aliphatic heterocycles. The van der Waals surface area contributed by atoms with E-state index in [2.05, 4.69) is 10.3 Å². The number of carbonyl (C=O) groups is 2. The molecule has 2 aromatic carbocycles. The number of rotatable bonds is 13. The highest BCUT2D eigenvalue weighted by Gasteiger charge is 2.37. The van der Waals surface area contributed by atoms with Gasteiger partial charge >= 0.3 is 6.18 Å². The predicted octanol–water partition coefficient (Wildman–Crippen LogP) is 3.40. The van der Waals surface area contributed by atoms with E-state index in [1.54, 1.807) is 59.8 Å². The van der Waals surface area contributed by atoms with Gasteiger partial charge in [0.05, 0.1) is 12.1 Å². The number of piperazine rings is 1. The zero-order chi connectivity index (χ0) is 37.5. The molecule has 282 valence electrons. The topological polar surface area (TPSA) is 132 Å². The quantitative estimate of drug-likeness (QED) is 0.154. The van der Waals surface area contributed by atoms with Crippen LogP contribution in [0.4, 0.5) is 17.6 Å². The Balaban J connectivity index is 1.14. The van der Waals surface area contributed by atoms with E-state index in [0.717, 1.165) is 16.8 Å². The van der Waals surface area contributed by atoms with Crippen molar-refractivity contribution in [2.45, 2.75) is 49.9 Å². The van der Waals surface area contributed by atoms with Gasteiger partial charge in [0, 0.05) is 74.7 Å². The molecule has 0 aliphatic carbocycles. The molecule has 0 radical (unpaired) electrons. The monoisotopic (exact) mass is 738 g/mol. The van der Waals surface area contributed by atoms with Gasteiger partial charge in [-0.25, -0.2) is 4.39 Å². The summed E-state index contributed by atoms with van der Waals surface area (Å²) in [4.78, 5) is 34.9. The van der Waals surface area contributed by atoms with Crippen LogP contribution in [0.1, 0.15) is 29.2 Å². The fourth-order valence-electron chi connectivity index (χ4n) is 6.91. The van der Waals surface area contributed by atoms with E-state index < -0.39 is 54.7 Å². The fraction of sp³-hybridized carbons (Fsp3) is 0.395. The van der Waals surface area contributed by atoms with Crippen molar-refractivity contribution in [3.8, 4) is 11.4 Å². The molecule has 6 rings (SSSR count). The number of aliphatic hydroxyl groups is 2. The molecule has 15 heteroatoms. The molecule has 4 aromatic rings. The number of alkyl halides is 3. The van der Waals surface area contributed by atoms with Crippen LogP contribution in [0.5, 0.6) is 5.75 Å². The number of carbonyl (C=O) groups excluding carboxylic acids is 2. The third-order valence-corrected chi connectivity index (χ3v) is 9.55. The molecular weight excluding hydrogens is 696 g/mol. The van der Waals surface area contributed by atoms with Gasteiger partial charge in [-0.2, -0.15) is 13.2 Å². The third kappa shape index (κ3) is 10.2. The summed E-state index contributed by atoms with van der Waals surface area (Å²) in [6, 6.07) is 16.7. The molecule has 2 amide bonds. The first-order valence-electron chi connectivity index (χ1n) is 17.4. The van der Waals surface area contributed by atoms with Gasteiger partial charge in [-0.1, -0.05) is 24.3 Å². The third-order valence-electron chi connectivity index (χ3n) is 9.55. The Hall–Kier alpha value is -4.83. The van der Waals surface area contributed by atoms with Crippen molar-refractivity contribution >= 4 is 11.8 Å². The number of aromatic nitrogens is 2. The summed E-state index contributed by atoms with van der Waals surface area (Å²) in [5.74, 6) is -1.82. The lowest BCUT2D eigenvalue weighted by molar-refractivity contribution is -0.143. The van der Waals surface area contributed by atoms with E-state index in [9.17, 15) is 37.4 Å². The Morgan fingerprint density at radius 1 is 1.02 bits per heavy atom. The number of aliphatic hydroxyl groups excluding tert-OH is 2. The number of nitrogens with zero attached hydrogens (tertiary/aromatic N) is 4. The lowest BCUT2D eigenvalue weighted by Gasteiger charge is -2.41. The van der Waals surface area contributed by atoms with Gasteiger partial charge in [0.15, 0.2) is 0 Å². The maximum Gasteiger partial charge on any atom is 0.405 e. The number of benzene rings is 2. The number of fused-ring (bicyclic) bond motifs is 1. The van der Waals surface area contributed by atoms with Crippen molar-refractivity contribution in [2.75, 3.05) is 39.3 Å². The molecule has 1 fully saturated rings. The van der Waals surface area contributed by atoms with Crippen molar-refractivity contribution < 1.29 is 42.1 Å². The summed E-state index contributed by atoms with van der Waals surface area (Å²) in [6.45, 7) is -0.350. The molecule has 2 aromatic heterocycles. The smallest absolute Gasteiger partial charge is 0.405 e. The fourth-order valence-corrected chi connectivity index (χ4v) is 6.91. The molecule has 2 aliphatic rings. The second-order valence-corrected chi connectivity index (χ2v) is 13.5. The number of β-amino-alcohol motifs (C(OH)–C–C–N with tert-alkyl or cyclic N) is 1. The van der Waals surface area contributed by atoms with Crippen molar-refractivity contribution in [1.29, 1.82) is 0 Å². The van der Waals surface area contributed by atoms with Gasteiger partial charge in [0.2, 0.25) is 11.8 Å². The second-order valence-electron chi connectivity index (χ2n) is 13.5. The molecular formula is C38H42F4N6O5. The normalized spacial score (nSPS) is 20.5. The molecule has 5 atom stereocenters. The SMILES string of the molecule is O=C(N[C@H]1c2ccccc2OC[C@H]1O)[C@H](Cc1cccnc1)C[C@H](O)CN1CCN(Cc2ccn(-c3ccc(F)cc3)c2)C[C@H]1C(=O)NCC(F)(F)F. The molecule has 53 heavy (non-hydrogen) atoms. The van der Waals surface area contributed by atoms with E-state index in [1.807, 2.05) is 39.3 Å². The number of halogens is 4. The highest BCUT2D eigenvalue weighted by molar-refractivity contribution is 5.82. The van der Waals surface area contributed by atoms with Crippen LogP contribution in [0.3, 0.4) is 0 Å². The van der Waals surface area contributed by atoms with Crippen LogP contribution in [0.15, 0.2) is 91.5 Å². The molecule has 1 saturated heterocycles. The van der Waals surface area contributed by atoms with E-state index in [0.29, 0.717) is 24.4 Å². The minimum absolute atomic E-state index is 0.0122. The van der Waals surface area contributed by atoms with Gasteiger partial charge in [-0.3, -0.25) is 24.4 Å². The Kier molecular flexibility index (Phi) is 12.1. The minimum atomic E-state index is -4.61. The first-order valence-corrected chi connectivity index (χ1v) is 17.4. The van der Waals surface area contributed by atoms with Crippen LogP contribution < -0.4 is 15.4 Å². The average molecular weight is 739 g/mol. The van der Waals surface area contributed by atoms with Gasteiger partial charge in [-0.15, -0.1) is 0 Å². The van der Waals surface area contributed by atoms with Crippen LogP contribution in [-0.2, 0) is 22.6 Å². The van der Waals surface area contributed by atoms with E-state index in [4.69, 9.17) is 4.74 Å². The largest absolute Gasteiger partial charge is 0.490 e. The number of pyridine rings is 1. The number of amides is 2. The Morgan fingerprint density at radius 2 is 1.81 bits per heavy atom. The molecule has 0 saturated carbocycles. The Morgan fingerprint density at radius 3 is 2.57 bits per heavy atom. The van der Waals surface area contributed by atoms with Gasteiger partial charge in [0.25, 0.3) is 0 Å². The maximum absolute atomic E-state index is 13.9. The number of hydrogen-bond acceptors (Lipinski definition) is 8. The van der Waals surface area contributed by atoms with Gasteiger partial charge < -0.3 is 30.2 Å². The number of hydrogen-bond donors (Lipinski definition) is 4. The molecule has 0 spiro atoms. The maximum atomic E-state index is 13.9. The summed E-state index contributed by atoms with van der Waals surface area (Å²) in [7, 11) is 0. The lowest BCUT2D eigenvalue weighted by atomic mass is 9.91. The van der Waals surface area contributed by atoms with E-state index >= 15 is 0 Å². The summed E-state index contributed by atoms with van der Waals surface area (Å²) < 4.78 is 60.2.